The van der Waals surface area contributed by atoms with Crippen LogP contribution in [0.1, 0.15) is 502 Å². The molecule has 0 aromatic heterocycles. The third-order valence-corrected chi connectivity index (χ3v) is 20.4. The lowest BCUT2D eigenvalue weighted by atomic mass is 10.0. The van der Waals surface area contributed by atoms with E-state index in [9.17, 15) is 19.8 Å². The molecule has 6 nitrogen and oxygen atoms in total. The molecule has 0 aliphatic rings. The standard InChI is InChI=1S/C84H167NO5/c1-3-5-7-9-11-13-15-17-19-21-23-24-25-34-37-41-44-48-52-56-60-64-68-72-76-82(87)81(80-86)85-83(88)77-73-69-65-61-57-53-49-45-42-38-35-32-30-28-26-27-29-31-33-36-39-43-47-51-55-59-63-67-71-75-79-90-84(89)78-74-70-66-62-58-54-50-46-40-22-20-18-16-14-12-10-8-6-4-2/h81-82,86-87H,3-80H2,1-2H3,(H,85,88). The molecule has 0 heterocycles. The molecule has 2 unspecified atom stereocenters. The Kier molecular flexibility index (Phi) is 79.3. The van der Waals surface area contributed by atoms with Crippen LogP contribution in [0.4, 0.5) is 0 Å². The zero-order valence-electron chi connectivity index (χ0n) is 61.9. The van der Waals surface area contributed by atoms with Gasteiger partial charge >= 0.3 is 5.97 Å². The summed E-state index contributed by atoms with van der Waals surface area (Å²) >= 11 is 0. The van der Waals surface area contributed by atoms with Gasteiger partial charge in [-0.3, -0.25) is 9.59 Å². The average molecular weight is 1270 g/mol. The Morgan fingerprint density at radius 1 is 0.267 bits per heavy atom. The third kappa shape index (κ3) is 75.9. The molecular weight excluding hydrogens is 1100 g/mol. The molecule has 90 heavy (non-hydrogen) atoms. The van der Waals surface area contributed by atoms with E-state index >= 15 is 0 Å². The van der Waals surface area contributed by atoms with Gasteiger partial charge in [-0.25, -0.2) is 0 Å². The van der Waals surface area contributed by atoms with Gasteiger partial charge in [0.25, 0.3) is 0 Å². The van der Waals surface area contributed by atoms with Crippen molar-refractivity contribution >= 4 is 11.9 Å². The van der Waals surface area contributed by atoms with Crippen molar-refractivity contribution in [1.29, 1.82) is 0 Å². The molecule has 0 spiro atoms. The second-order valence-corrected chi connectivity index (χ2v) is 29.5. The number of aliphatic hydroxyl groups excluding tert-OH is 2. The SMILES string of the molecule is CCCCCCCCCCCCCCCCCCCCCCCCCCC(O)C(CO)NC(=O)CCCCCCCCCCCCCCCCCCCCCCCCCCCCCCCCOC(=O)CCCCCCCCCCCCCCCCCCCCC. The number of carbonyl (C=O) groups is 2. The topological polar surface area (TPSA) is 95.9 Å². The summed E-state index contributed by atoms with van der Waals surface area (Å²) in [5.41, 5.74) is 0. The van der Waals surface area contributed by atoms with Gasteiger partial charge in [0.05, 0.1) is 25.4 Å². The first kappa shape index (κ1) is 88.9. The summed E-state index contributed by atoms with van der Waals surface area (Å²) in [6.07, 6.45) is 101. The maximum absolute atomic E-state index is 12.6. The van der Waals surface area contributed by atoms with Gasteiger partial charge in [-0.2, -0.15) is 0 Å². The molecule has 0 radical (unpaired) electrons. The Balaban J connectivity index is 3.31. The number of esters is 1. The van der Waals surface area contributed by atoms with Gasteiger partial charge in [-0.05, 0) is 25.7 Å². The van der Waals surface area contributed by atoms with Gasteiger partial charge in [-0.15, -0.1) is 0 Å². The smallest absolute Gasteiger partial charge is 0.305 e. The van der Waals surface area contributed by atoms with Crippen LogP contribution in [0.25, 0.3) is 0 Å². The Morgan fingerprint density at radius 3 is 0.678 bits per heavy atom. The van der Waals surface area contributed by atoms with Crippen LogP contribution in [0.5, 0.6) is 0 Å². The van der Waals surface area contributed by atoms with Crippen molar-refractivity contribution in [3.63, 3.8) is 0 Å². The van der Waals surface area contributed by atoms with Crippen LogP contribution in [0, 0.1) is 0 Å². The Bertz CT molecular complexity index is 1320. The molecule has 0 rings (SSSR count). The molecule has 0 aliphatic carbocycles. The lowest BCUT2D eigenvalue weighted by Gasteiger charge is -2.22. The highest BCUT2D eigenvalue weighted by molar-refractivity contribution is 5.76. The first-order valence-electron chi connectivity index (χ1n) is 42.3. The number of nitrogens with one attached hydrogen (secondary N) is 1. The van der Waals surface area contributed by atoms with Gasteiger partial charge in [0.1, 0.15) is 0 Å². The zero-order valence-corrected chi connectivity index (χ0v) is 61.9. The van der Waals surface area contributed by atoms with Gasteiger partial charge in [0.15, 0.2) is 0 Å². The van der Waals surface area contributed by atoms with E-state index in [2.05, 4.69) is 19.2 Å². The molecule has 0 aliphatic heterocycles. The fourth-order valence-corrected chi connectivity index (χ4v) is 14.0. The van der Waals surface area contributed by atoms with E-state index < -0.39 is 12.1 Å². The molecule has 538 valence electrons. The van der Waals surface area contributed by atoms with Gasteiger partial charge in [-0.1, -0.05) is 463 Å². The van der Waals surface area contributed by atoms with E-state index in [1.54, 1.807) is 0 Å². The summed E-state index contributed by atoms with van der Waals surface area (Å²) in [6.45, 7) is 5.03. The number of unbranched alkanes of at least 4 members (excludes halogenated alkanes) is 70. The van der Waals surface area contributed by atoms with E-state index in [-0.39, 0.29) is 18.5 Å². The van der Waals surface area contributed by atoms with Crippen LogP contribution in [-0.2, 0) is 14.3 Å². The summed E-state index contributed by atoms with van der Waals surface area (Å²) in [6, 6.07) is -0.539. The first-order chi connectivity index (χ1) is 44.5. The largest absolute Gasteiger partial charge is 0.466 e. The fourth-order valence-electron chi connectivity index (χ4n) is 14.0. The molecule has 1 amide bonds. The first-order valence-corrected chi connectivity index (χ1v) is 42.3. The predicted molar refractivity (Wildman–Crippen MR) is 398 cm³/mol. The number of ether oxygens (including phenoxy) is 1. The number of aliphatic hydroxyl groups is 2. The average Bonchev–Trinajstić information content (AvgIpc) is 3.59. The summed E-state index contributed by atoms with van der Waals surface area (Å²) < 4.78 is 5.53. The van der Waals surface area contributed by atoms with Crippen molar-refractivity contribution in [3.8, 4) is 0 Å². The third-order valence-electron chi connectivity index (χ3n) is 20.4. The zero-order chi connectivity index (χ0) is 64.9. The van der Waals surface area contributed by atoms with Gasteiger partial charge < -0.3 is 20.3 Å². The van der Waals surface area contributed by atoms with Crippen molar-refractivity contribution in [1.82, 2.24) is 5.32 Å². The van der Waals surface area contributed by atoms with Crippen LogP contribution in [0.2, 0.25) is 0 Å². The predicted octanol–water partition coefficient (Wildman–Crippen LogP) is 28.1. The molecule has 6 heteroatoms. The van der Waals surface area contributed by atoms with Crippen LogP contribution in [-0.4, -0.2) is 47.4 Å². The fraction of sp³-hybridized carbons (Fsp3) is 0.976. The highest BCUT2D eigenvalue weighted by atomic mass is 16.5. The van der Waals surface area contributed by atoms with Crippen molar-refractivity contribution in [2.24, 2.45) is 0 Å². The van der Waals surface area contributed by atoms with E-state index in [1.807, 2.05) is 0 Å². The van der Waals surface area contributed by atoms with Crippen LogP contribution in [0.3, 0.4) is 0 Å². The number of rotatable bonds is 81. The minimum Gasteiger partial charge on any atom is -0.466 e. The van der Waals surface area contributed by atoms with Crippen molar-refractivity contribution < 1.29 is 24.5 Å². The molecule has 0 saturated carbocycles. The summed E-state index contributed by atoms with van der Waals surface area (Å²) in [5, 5.41) is 23.5. The molecule has 3 N–H and O–H groups in total. The molecule has 0 aromatic carbocycles. The maximum Gasteiger partial charge on any atom is 0.305 e. The summed E-state index contributed by atoms with van der Waals surface area (Å²) in [4.78, 5) is 24.7. The molecule has 0 saturated heterocycles. The minimum atomic E-state index is -0.662. The summed E-state index contributed by atoms with van der Waals surface area (Å²) in [5.74, 6) is 0.00268. The molecule has 2 atom stereocenters. The van der Waals surface area contributed by atoms with Gasteiger partial charge in [0, 0.05) is 12.8 Å². The monoisotopic (exact) mass is 1270 g/mol. The lowest BCUT2D eigenvalue weighted by Crippen LogP contribution is -2.45. The second kappa shape index (κ2) is 80.3. The Morgan fingerprint density at radius 2 is 0.456 bits per heavy atom. The summed E-state index contributed by atoms with van der Waals surface area (Å²) in [7, 11) is 0. The maximum atomic E-state index is 12.6. The Labute approximate surface area is 566 Å². The van der Waals surface area contributed by atoms with E-state index in [1.165, 1.54) is 430 Å². The quantitative estimate of drug-likeness (QED) is 0.0417. The second-order valence-electron chi connectivity index (χ2n) is 29.5. The van der Waals surface area contributed by atoms with Crippen molar-refractivity contribution in [2.75, 3.05) is 13.2 Å². The van der Waals surface area contributed by atoms with Crippen LogP contribution >= 0.6 is 0 Å². The van der Waals surface area contributed by atoms with E-state index in [0.29, 0.717) is 25.9 Å². The van der Waals surface area contributed by atoms with Crippen molar-refractivity contribution in [3.05, 3.63) is 0 Å². The molecular formula is C84H167NO5. The highest BCUT2D eigenvalue weighted by Gasteiger charge is 2.20. The number of carbonyl (C=O) groups excluding carboxylic acids is 2. The normalized spacial score (nSPS) is 12.4. The molecule has 0 bridgehead atoms. The van der Waals surface area contributed by atoms with Crippen LogP contribution in [0.15, 0.2) is 0 Å². The van der Waals surface area contributed by atoms with E-state index in [4.69, 9.17) is 4.74 Å². The Hall–Kier alpha value is -1.14. The lowest BCUT2D eigenvalue weighted by molar-refractivity contribution is -0.143. The molecule has 0 fully saturated rings. The number of amides is 1. The minimum absolute atomic E-state index is 0.0241. The highest BCUT2D eigenvalue weighted by Crippen LogP contribution is 2.21. The van der Waals surface area contributed by atoms with E-state index in [0.717, 1.165) is 38.5 Å². The van der Waals surface area contributed by atoms with Crippen molar-refractivity contribution in [2.45, 2.75) is 514 Å². The molecule has 0 aromatic rings. The number of hydrogen-bond donors (Lipinski definition) is 3. The van der Waals surface area contributed by atoms with Gasteiger partial charge in [0.2, 0.25) is 5.91 Å². The number of hydrogen-bond acceptors (Lipinski definition) is 5. The van der Waals surface area contributed by atoms with Crippen LogP contribution < -0.4 is 5.32 Å².